The zero-order valence-electron chi connectivity index (χ0n) is 16.6. The molecule has 0 atom stereocenters. The number of aryl methyl sites for hydroxylation is 1. The first-order chi connectivity index (χ1) is 13.6. The highest BCUT2D eigenvalue weighted by Crippen LogP contribution is 2.20. The van der Waals surface area contributed by atoms with Gasteiger partial charge in [-0.05, 0) is 30.7 Å². The highest BCUT2D eigenvalue weighted by molar-refractivity contribution is 5.79. The molecule has 0 saturated carbocycles. The molecule has 0 saturated heterocycles. The van der Waals surface area contributed by atoms with Gasteiger partial charge in [-0.1, -0.05) is 18.2 Å². The molecule has 0 aromatic heterocycles. The van der Waals surface area contributed by atoms with Crippen molar-refractivity contribution in [2.24, 2.45) is 4.99 Å². The van der Waals surface area contributed by atoms with E-state index in [1.807, 2.05) is 25.1 Å². The molecule has 0 bridgehead atoms. The molecule has 2 aromatic carbocycles. The summed E-state index contributed by atoms with van der Waals surface area (Å²) in [6, 6.07) is 12.2. The molecule has 0 unspecified atom stereocenters. The highest BCUT2D eigenvalue weighted by atomic mass is 19.1. The van der Waals surface area contributed by atoms with Gasteiger partial charge in [-0.25, -0.2) is 4.39 Å². The average Bonchev–Trinajstić information content (AvgIpc) is 2.69. The van der Waals surface area contributed by atoms with Gasteiger partial charge in [-0.3, -0.25) is 4.99 Å². The molecular weight excluding hydrogens is 361 g/mol. The SMILES string of the molecule is CN=C(NCCOc1cccc(F)c1)NCc1ccc(C)cc1OCCOC. The first kappa shape index (κ1) is 21.5. The number of halogens is 1. The number of hydrogen-bond donors (Lipinski definition) is 2. The van der Waals surface area contributed by atoms with Crippen molar-refractivity contribution in [3.8, 4) is 11.5 Å². The second-order valence-corrected chi connectivity index (χ2v) is 6.11. The Morgan fingerprint density at radius 3 is 2.64 bits per heavy atom. The van der Waals surface area contributed by atoms with Crippen LogP contribution in [0.5, 0.6) is 11.5 Å². The number of rotatable bonds is 10. The fraction of sp³-hybridized carbons (Fsp3) is 0.381. The Morgan fingerprint density at radius 1 is 1.04 bits per heavy atom. The van der Waals surface area contributed by atoms with E-state index in [9.17, 15) is 4.39 Å². The minimum Gasteiger partial charge on any atom is -0.492 e. The molecule has 2 aromatic rings. The third-order valence-corrected chi connectivity index (χ3v) is 3.90. The Kier molecular flexibility index (Phi) is 9.07. The van der Waals surface area contributed by atoms with Crippen LogP contribution in [0.4, 0.5) is 4.39 Å². The van der Waals surface area contributed by atoms with E-state index >= 15 is 0 Å². The van der Waals surface area contributed by atoms with E-state index in [0.29, 0.717) is 44.6 Å². The molecule has 6 nitrogen and oxygen atoms in total. The summed E-state index contributed by atoms with van der Waals surface area (Å²) in [6.07, 6.45) is 0. The van der Waals surface area contributed by atoms with Crippen LogP contribution in [0, 0.1) is 12.7 Å². The van der Waals surface area contributed by atoms with Crippen LogP contribution < -0.4 is 20.1 Å². The summed E-state index contributed by atoms with van der Waals surface area (Å²) >= 11 is 0. The van der Waals surface area contributed by atoms with Crippen molar-refractivity contribution in [2.75, 3.05) is 40.5 Å². The lowest BCUT2D eigenvalue weighted by Gasteiger charge is -2.15. The third kappa shape index (κ3) is 7.44. The van der Waals surface area contributed by atoms with Crippen LogP contribution in [0.3, 0.4) is 0 Å². The number of nitrogens with one attached hydrogen (secondary N) is 2. The molecular formula is C21H28FN3O3. The van der Waals surface area contributed by atoms with Crippen molar-refractivity contribution in [1.29, 1.82) is 0 Å². The fourth-order valence-corrected chi connectivity index (χ4v) is 2.47. The Labute approximate surface area is 165 Å². The minimum absolute atomic E-state index is 0.315. The first-order valence-corrected chi connectivity index (χ1v) is 9.16. The van der Waals surface area contributed by atoms with Crippen molar-refractivity contribution >= 4 is 5.96 Å². The summed E-state index contributed by atoms with van der Waals surface area (Å²) in [5.74, 6) is 1.66. The Bertz CT molecular complexity index is 768. The van der Waals surface area contributed by atoms with Crippen molar-refractivity contribution in [2.45, 2.75) is 13.5 Å². The van der Waals surface area contributed by atoms with Gasteiger partial charge in [-0.2, -0.15) is 0 Å². The summed E-state index contributed by atoms with van der Waals surface area (Å²) in [6.45, 7) is 4.54. The van der Waals surface area contributed by atoms with Gasteiger partial charge < -0.3 is 24.8 Å². The highest BCUT2D eigenvalue weighted by Gasteiger charge is 2.06. The van der Waals surface area contributed by atoms with Gasteiger partial charge in [0.25, 0.3) is 0 Å². The smallest absolute Gasteiger partial charge is 0.191 e. The van der Waals surface area contributed by atoms with E-state index in [4.69, 9.17) is 14.2 Å². The van der Waals surface area contributed by atoms with E-state index in [1.54, 1.807) is 26.3 Å². The van der Waals surface area contributed by atoms with Gasteiger partial charge in [0.15, 0.2) is 5.96 Å². The summed E-state index contributed by atoms with van der Waals surface area (Å²) < 4.78 is 29.5. The number of benzene rings is 2. The molecule has 2 N–H and O–H groups in total. The molecule has 152 valence electrons. The minimum atomic E-state index is -0.315. The predicted octanol–water partition coefficient (Wildman–Crippen LogP) is 2.90. The van der Waals surface area contributed by atoms with Crippen LogP contribution in [0.15, 0.2) is 47.5 Å². The number of nitrogens with zero attached hydrogens (tertiary/aromatic N) is 1. The molecule has 2 rings (SSSR count). The molecule has 0 fully saturated rings. The number of guanidine groups is 1. The van der Waals surface area contributed by atoms with Crippen LogP contribution in [0.2, 0.25) is 0 Å². The Balaban J connectivity index is 1.80. The van der Waals surface area contributed by atoms with Crippen LogP contribution in [0.25, 0.3) is 0 Å². The van der Waals surface area contributed by atoms with Crippen LogP contribution >= 0.6 is 0 Å². The quantitative estimate of drug-likeness (QED) is 0.372. The van der Waals surface area contributed by atoms with E-state index in [1.165, 1.54) is 12.1 Å². The lowest BCUT2D eigenvalue weighted by molar-refractivity contribution is 0.145. The van der Waals surface area contributed by atoms with Gasteiger partial charge in [-0.15, -0.1) is 0 Å². The second-order valence-electron chi connectivity index (χ2n) is 6.11. The molecule has 0 radical (unpaired) electrons. The molecule has 0 aliphatic carbocycles. The molecule has 0 aliphatic heterocycles. The van der Waals surface area contributed by atoms with Gasteiger partial charge in [0, 0.05) is 32.3 Å². The average molecular weight is 389 g/mol. The number of ether oxygens (including phenoxy) is 3. The molecule has 0 spiro atoms. The Morgan fingerprint density at radius 2 is 1.89 bits per heavy atom. The topological polar surface area (TPSA) is 64.1 Å². The zero-order valence-corrected chi connectivity index (χ0v) is 16.6. The van der Waals surface area contributed by atoms with E-state index in [0.717, 1.165) is 16.9 Å². The van der Waals surface area contributed by atoms with E-state index < -0.39 is 0 Å². The van der Waals surface area contributed by atoms with E-state index in [2.05, 4.69) is 15.6 Å². The van der Waals surface area contributed by atoms with Crippen LogP contribution in [-0.2, 0) is 11.3 Å². The fourth-order valence-electron chi connectivity index (χ4n) is 2.47. The summed E-state index contributed by atoms with van der Waals surface area (Å²) in [7, 11) is 3.35. The largest absolute Gasteiger partial charge is 0.492 e. The maximum Gasteiger partial charge on any atom is 0.191 e. The van der Waals surface area contributed by atoms with Crippen LogP contribution in [-0.4, -0.2) is 46.5 Å². The van der Waals surface area contributed by atoms with Crippen LogP contribution in [0.1, 0.15) is 11.1 Å². The monoisotopic (exact) mass is 389 g/mol. The summed E-state index contributed by atoms with van der Waals surface area (Å²) in [5, 5.41) is 6.42. The maximum atomic E-state index is 13.1. The van der Waals surface area contributed by atoms with Gasteiger partial charge in [0.05, 0.1) is 13.2 Å². The molecule has 7 heteroatoms. The number of methoxy groups -OCH3 is 1. The lowest BCUT2D eigenvalue weighted by Crippen LogP contribution is -2.39. The van der Waals surface area contributed by atoms with Crippen molar-refractivity contribution in [1.82, 2.24) is 10.6 Å². The standard InChI is InChI=1S/C21H28FN3O3/c1-16-7-8-17(20(13-16)28-12-11-26-3)15-25-21(23-2)24-9-10-27-19-6-4-5-18(22)14-19/h4-8,13-14H,9-12,15H2,1-3H3,(H2,23,24,25). The molecule has 28 heavy (non-hydrogen) atoms. The second kappa shape index (κ2) is 11.8. The normalized spacial score (nSPS) is 11.2. The van der Waals surface area contributed by atoms with Crippen molar-refractivity contribution in [3.05, 3.63) is 59.4 Å². The third-order valence-electron chi connectivity index (χ3n) is 3.90. The molecule has 0 aliphatic rings. The molecule has 0 heterocycles. The summed E-state index contributed by atoms with van der Waals surface area (Å²) in [4.78, 5) is 4.20. The van der Waals surface area contributed by atoms with Gasteiger partial charge >= 0.3 is 0 Å². The van der Waals surface area contributed by atoms with Crippen molar-refractivity contribution < 1.29 is 18.6 Å². The lowest BCUT2D eigenvalue weighted by atomic mass is 10.1. The van der Waals surface area contributed by atoms with Crippen molar-refractivity contribution in [3.63, 3.8) is 0 Å². The Hall–Kier alpha value is -2.80. The summed E-state index contributed by atoms with van der Waals surface area (Å²) in [5.41, 5.74) is 2.16. The van der Waals surface area contributed by atoms with Gasteiger partial charge in [0.2, 0.25) is 0 Å². The molecule has 0 amide bonds. The zero-order chi connectivity index (χ0) is 20.2. The predicted molar refractivity (Wildman–Crippen MR) is 109 cm³/mol. The maximum absolute atomic E-state index is 13.1. The number of hydrogen-bond acceptors (Lipinski definition) is 4. The van der Waals surface area contributed by atoms with E-state index in [-0.39, 0.29) is 5.82 Å². The van der Waals surface area contributed by atoms with Gasteiger partial charge in [0.1, 0.15) is 30.5 Å². The first-order valence-electron chi connectivity index (χ1n) is 9.16. The number of aliphatic imine (C=N–C) groups is 1.